The Morgan fingerprint density at radius 1 is 1.44 bits per heavy atom. The predicted octanol–water partition coefficient (Wildman–Crippen LogP) is 1.75. The van der Waals surface area contributed by atoms with Crippen molar-refractivity contribution in [2.24, 2.45) is 0 Å². The molecule has 0 bridgehead atoms. The van der Waals surface area contributed by atoms with Crippen molar-refractivity contribution in [2.75, 3.05) is 37.6 Å². The molecule has 0 spiro atoms. The summed E-state index contributed by atoms with van der Waals surface area (Å²) < 4.78 is 0. The lowest BCUT2D eigenvalue weighted by molar-refractivity contribution is 0.112. The topological polar surface area (TPSA) is 36.4 Å². The predicted molar refractivity (Wildman–Crippen MR) is 66.8 cm³/mol. The maximum atomic E-state index is 10.7. The number of carbonyl (C=O) groups is 1. The minimum Gasteiger partial charge on any atom is -0.345 e. The van der Waals surface area contributed by atoms with Crippen molar-refractivity contribution in [3.05, 3.63) is 10.0 Å². The molecule has 88 valence electrons. The standard InChI is InChI=1S/C10H14ClN3OS/c1-2-13-3-5-14(6-4-13)10-12-9(11)8(7-15)16-10/h7H,2-6H2,1H3. The summed E-state index contributed by atoms with van der Waals surface area (Å²) in [5, 5.41) is 1.19. The molecule has 4 nitrogen and oxygen atoms in total. The molecule has 0 aromatic carbocycles. The van der Waals surface area contributed by atoms with Crippen LogP contribution in [0.2, 0.25) is 5.15 Å². The largest absolute Gasteiger partial charge is 0.345 e. The Balaban J connectivity index is 2.05. The van der Waals surface area contributed by atoms with Crippen molar-refractivity contribution in [1.29, 1.82) is 0 Å². The number of hydrogen-bond donors (Lipinski definition) is 0. The van der Waals surface area contributed by atoms with Gasteiger partial charge in [0, 0.05) is 26.2 Å². The van der Waals surface area contributed by atoms with Crippen LogP contribution in [0, 0.1) is 0 Å². The average Bonchev–Trinajstić information content (AvgIpc) is 2.71. The van der Waals surface area contributed by atoms with Gasteiger partial charge in [0.2, 0.25) is 0 Å². The molecule has 1 aliphatic heterocycles. The zero-order chi connectivity index (χ0) is 11.5. The Hall–Kier alpha value is -0.650. The molecule has 1 saturated heterocycles. The molecule has 6 heteroatoms. The number of hydrogen-bond acceptors (Lipinski definition) is 5. The van der Waals surface area contributed by atoms with E-state index in [-0.39, 0.29) is 0 Å². The summed E-state index contributed by atoms with van der Waals surface area (Å²) in [5.74, 6) is 0. The van der Waals surface area contributed by atoms with E-state index in [1.54, 1.807) is 0 Å². The fourth-order valence-corrected chi connectivity index (χ4v) is 2.88. The summed E-state index contributed by atoms with van der Waals surface area (Å²) in [6.07, 6.45) is 0.770. The van der Waals surface area contributed by atoms with Crippen molar-refractivity contribution in [3.8, 4) is 0 Å². The van der Waals surface area contributed by atoms with E-state index in [0.29, 0.717) is 10.0 Å². The van der Waals surface area contributed by atoms with Crippen molar-refractivity contribution < 1.29 is 4.79 Å². The van der Waals surface area contributed by atoms with E-state index in [1.165, 1.54) is 11.3 Å². The Morgan fingerprint density at radius 3 is 2.62 bits per heavy atom. The molecule has 1 aromatic heterocycles. The molecule has 0 atom stereocenters. The Labute approximate surface area is 104 Å². The van der Waals surface area contributed by atoms with Gasteiger partial charge >= 0.3 is 0 Å². The molecule has 0 N–H and O–H groups in total. The van der Waals surface area contributed by atoms with Crippen LogP contribution in [0.1, 0.15) is 16.6 Å². The number of nitrogens with zero attached hydrogens (tertiary/aromatic N) is 3. The summed E-state index contributed by atoms with van der Waals surface area (Å²) >= 11 is 7.22. The summed E-state index contributed by atoms with van der Waals surface area (Å²) in [6.45, 7) is 7.26. The summed E-state index contributed by atoms with van der Waals surface area (Å²) in [6, 6.07) is 0. The molecule has 0 radical (unpaired) electrons. The van der Waals surface area contributed by atoms with Crippen molar-refractivity contribution >= 4 is 34.4 Å². The molecule has 0 aliphatic carbocycles. The number of thiazole rings is 1. The van der Waals surface area contributed by atoms with E-state index in [2.05, 4.69) is 21.7 Å². The van der Waals surface area contributed by atoms with E-state index in [4.69, 9.17) is 11.6 Å². The number of piperazine rings is 1. The van der Waals surface area contributed by atoms with Crippen LogP contribution in [0.5, 0.6) is 0 Å². The minimum atomic E-state index is 0.327. The molecular formula is C10H14ClN3OS. The van der Waals surface area contributed by atoms with Crippen molar-refractivity contribution in [1.82, 2.24) is 9.88 Å². The maximum Gasteiger partial charge on any atom is 0.187 e. The highest BCUT2D eigenvalue weighted by atomic mass is 35.5. The highest BCUT2D eigenvalue weighted by Crippen LogP contribution is 2.28. The van der Waals surface area contributed by atoms with E-state index in [0.717, 1.165) is 44.1 Å². The third-order valence-corrected chi connectivity index (χ3v) is 4.24. The van der Waals surface area contributed by atoms with Gasteiger partial charge in [-0.15, -0.1) is 0 Å². The lowest BCUT2D eigenvalue weighted by Gasteiger charge is -2.33. The van der Waals surface area contributed by atoms with Crippen LogP contribution in [0.3, 0.4) is 0 Å². The van der Waals surface area contributed by atoms with Gasteiger partial charge in [-0.25, -0.2) is 4.98 Å². The molecule has 0 saturated carbocycles. The van der Waals surface area contributed by atoms with Gasteiger partial charge in [-0.2, -0.15) is 0 Å². The van der Waals surface area contributed by atoms with Gasteiger partial charge in [0.05, 0.1) is 0 Å². The number of aldehydes is 1. The third kappa shape index (κ3) is 2.36. The van der Waals surface area contributed by atoms with Crippen LogP contribution in [0.4, 0.5) is 5.13 Å². The molecule has 16 heavy (non-hydrogen) atoms. The minimum absolute atomic E-state index is 0.327. The Bertz CT molecular complexity index is 374. The number of carbonyl (C=O) groups excluding carboxylic acids is 1. The van der Waals surface area contributed by atoms with Gasteiger partial charge < -0.3 is 9.80 Å². The second kappa shape index (κ2) is 5.12. The van der Waals surface area contributed by atoms with Gasteiger partial charge in [0.25, 0.3) is 0 Å². The van der Waals surface area contributed by atoms with E-state index >= 15 is 0 Å². The number of rotatable bonds is 3. The van der Waals surface area contributed by atoms with Gasteiger partial charge in [0.15, 0.2) is 16.6 Å². The number of aromatic nitrogens is 1. The van der Waals surface area contributed by atoms with Gasteiger partial charge in [0.1, 0.15) is 4.88 Å². The number of likely N-dealkylation sites (N-methyl/N-ethyl adjacent to an activating group) is 1. The fourth-order valence-electron chi connectivity index (χ4n) is 1.77. The second-order valence-corrected chi connectivity index (χ2v) is 5.06. The molecule has 1 aromatic rings. The normalized spacial score (nSPS) is 17.8. The highest BCUT2D eigenvalue weighted by Gasteiger charge is 2.19. The molecule has 1 aliphatic rings. The first-order chi connectivity index (χ1) is 7.74. The first-order valence-electron chi connectivity index (χ1n) is 5.33. The van der Waals surface area contributed by atoms with E-state index in [1.807, 2.05) is 0 Å². The highest BCUT2D eigenvalue weighted by molar-refractivity contribution is 7.17. The van der Waals surface area contributed by atoms with Crippen LogP contribution in [0.25, 0.3) is 0 Å². The van der Waals surface area contributed by atoms with E-state index < -0.39 is 0 Å². The summed E-state index contributed by atoms with van der Waals surface area (Å²) in [4.78, 5) is 20.0. The second-order valence-electron chi connectivity index (χ2n) is 3.69. The van der Waals surface area contributed by atoms with Crippen molar-refractivity contribution in [3.63, 3.8) is 0 Å². The molecule has 2 rings (SSSR count). The lowest BCUT2D eigenvalue weighted by Crippen LogP contribution is -2.46. The SMILES string of the molecule is CCN1CCN(c2nc(Cl)c(C=O)s2)CC1. The Morgan fingerprint density at radius 2 is 2.12 bits per heavy atom. The zero-order valence-corrected chi connectivity index (χ0v) is 10.7. The zero-order valence-electron chi connectivity index (χ0n) is 9.15. The summed E-state index contributed by atoms with van der Waals surface area (Å²) in [7, 11) is 0. The maximum absolute atomic E-state index is 10.7. The van der Waals surface area contributed by atoms with Crippen molar-refractivity contribution in [2.45, 2.75) is 6.92 Å². The molecule has 0 unspecified atom stereocenters. The lowest BCUT2D eigenvalue weighted by atomic mass is 10.3. The van der Waals surface area contributed by atoms with Crippen LogP contribution >= 0.6 is 22.9 Å². The monoisotopic (exact) mass is 259 g/mol. The summed E-state index contributed by atoms with van der Waals surface area (Å²) in [5.41, 5.74) is 0. The van der Waals surface area contributed by atoms with Crippen LogP contribution in [-0.4, -0.2) is 48.9 Å². The Kier molecular flexibility index (Phi) is 3.78. The van der Waals surface area contributed by atoms with Gasteiger partial charge in [-0.3, -0.25) is 4.79 Å². The quantitative estimate of drug-likeness (QED) is 0.775. The first kappa shape index (κ1) is 11.8. The number of anilines is 1. The molecular weight excluding hydrogens is 246 g/mol. The third-order valence-electron chi connectivity index (χ3n) is 2.80. The van der Waals surface area contributed by atoms with Crippen LogP contribution < -0.4 is 4.90 Å². The molecule has 1 fully saturated rings. The first-order valence-corrected chi connectivity index (χ1v) is 6.53. The van der Waals surface area contributed by atoms with Crippen LogP contribution in [-0.2, 0) is 0 Å². The molecule has 0 amide bonds. The van der Waals surface area contributed by atoms with Gasteiger partial charge in [-0.1, -0.05) is 29.9 Å². The van der Waals surface area contributed by atoms with Gasteiger partial charge in [-0.05, 0) is 6.54 Å². The van der Waals surface area contributed by atoms with E-state index in [9.17, 15) is 4.79 Å². The fraction of sp³-hybridized carbons (Fsp3) is 0.600. The smallest absolute Gasteiger partial charge is 0.187 e. The average molecular weight is 260 g/mol. The molecule has 2 heterocycles. The number of halogens is 1. The van der Waals surface area contributed by atoms with Crippen LogP contribution in [0.15, 0.2) is 0 Å².